The zero-order valence-electron chi connectivity index (χ0n) is 12.9. The van der Waals surface area contributed by atoms with Crippen molar-refractivity contribution in [2.75, 3.05) is 13.2 Å². The first-order valence-electron chi connectivity index (χ1n) is 7.65. The number of halogens is 2. The number of likely N-dealkylation sites (tertiary alicyclic amines) is 1. The fraction of sp³-hybridized carbons (Fsp3) is 0.278. The summed E-state index contributed by atoms with van der Waals surface area (Å²) in [4.78, 5) is 13.9. The molecule has 2 aromatic rings. The number of rotatable bonds is 4. The van der Waals surface area contributed by atoms with Crippen LogP contribution in [0.15, 0.2) is 48.5 Å². The highest BCUT2D eigenvalue weighted by atomic mass is 19.1. The second kappa shape index (κ2) is 6.97. The van der Waals surface area contributed by atoms with Crippen LogP contribution in [0.4, 0.5) is 8.78 Å². The number of aliphatic hydroxyl groups is 1. The zero-order valence-corrected chi connectivity index (χ0v) is 12.9. The van der Waals surface area contributed by atoms with Gasteiger partial charge in [0.15, 0.2) is 18.2 Å². The standard InChI is InChI=1S/C18H17F2NO3/c19-13-5-3-4-12(8-13)16-9-14(22)10-21(16)18(23)11-24-17-7-2-1-6-15(17)20/h1-8,14,16,22H,9-11H2/t14-,16+/m1/s1. The van der Waals surface area contributed by atoms with E-state index in [1.54, 1.807) is 18.2 Å². The molecule has 2 aromatic carbocycles. The van der Waals surface area contributed by atoms with E-state index in [0.717, 1.165) is 0 Å². The summed E-state index contributed by atoms with van der Waals surface area (Å²) in [5.74, 6) is -1.34. The highest BCUT2D eigenvalue weighted by Gasteiger charge is 2.35. The number of para-hydroxylation sites is 1. The molecule has 4 nitrogen and oxygen atoms in total. The zero-order chi connectivity index (χ0) is 17.1. The van der Waals surface area contributed by atoms with Crippen LogP contribution in [0.1, 0.15) is 18.0 Å². The average Bonchev–Trinajstić information content (AvgIpc) is 2.96. The van der Waals surface area contributed by atoms with Crippen molar-refractivity contribution in [3.8, 4) is 5.75 Å². The van der Waals surface area contributed by atoms with E-state index in [9.17, 15) is 18.7 Å². The lowest BCUT2D eigenvalue weighted by molar-refractivity contribution is -0.134. The first kappa shape index (κ1) is 16.4. The van der Waals surface area contributed by atoms with Crippen LogP contribution in [0.2, 0.25) is 0 Å². The normalized spacial score (nSPS) is 20.2. The molecule has 0 bridgehead atoms. The highest BCUT2D eigenvalue weighted by Crippen LogP contribution is 2.32. The highest BCUT2D eigenvalue weighted by molar-refractivity contribution is 5.78. The first-order chi connectivity index (χ1) is 11.5. The van der Waals surface area contributed by atoms with Crippen molar-refractivity contribution in [2.45, 2.75) is 18.6 Å². The lowest BCUT2D eigenvalue weighted by Gasteiger charge is -2.25. The number of nitrogens with zero attached hydrogens (tertiary/aromatic N) is 1. The Balaban J connectivity index is 1.71. The quantitative estimate of drug-likeness (QED) is 0.936. The molecule has 1 fully saturated rings. The molecule has 0 saturated carbocycles. The minimum atomic E-state index is -0.685. The van der Waals surface area contributed by atoms with Gasteiger partial charge in [-0.05, 0) is 36.2 Å². The molecule has 1 saturated heterocycles. The summed E-state index contributed by atoms with van der Waals surface area (Å²) in [6.07, 6.45) is -0.356. The second-order valence-corrected chi connectivity index (χ2v) is 5.73. The van der Waals surface area contributed by atoms with E-state index in [0.29, 0.717) is 12.0 Å². The molecular formula is C18H17F2NO3. The monoisotopic (exact) mass is 333 g/mol. The molecule has 0 radical (unpaired) electrons. The molecule has 1 aliphatic heterocycles. The molecule has 126 valence electrons. The number of hydrogen-bond donors (Lipinski definition) is 1. The van der Waals surface area contributed by atoms with Gasteiger partial charge in [0.25, 0.3) is 5.91 Å². The second-order valence-electron chi connectivity index (χ2n) is 5.73. The minimum Gasteiger partial charge on any atom is -0.481 e. The van der Waals surface area contributed by atoms with Crippen LogP contribution >= 0.6 is 0 Å². The Morgan fingerprint density at radius 3 is 2.75 bits per heavy atom. The topological polar surface area (TPSA) is 49.8 Å². The van der Waals surface area contributed by atoms with Crippen molar-refractivity contribution in [2.24, 2.45) is 0 Å². The summed E-state index contributed by atoms with van der Waals surface area (Å²) in [5.41, 5.74) is 0.616. The van der Waals surface area contributed by atoms with Crippen LogP contribution in [0, 0.1) is 11.6 Å². The maximum absolute atomic E-state index is 13.5. The van der Waals surface area contributed by atoms with E-state index in [1.165, 1.54) is 35.2 Å². The van der Waals surface area contributed by atoms with E-state index in [2.05, 4.69) is 0 Å². The Labute approximate surface area is 138 Å². The van der Waals surface area contributed by atoms with Crippen molar-refractivity contribution in [3.63, 3.8) is 0 Å². The summed E-state index contributed by atoms with van der Waals surface area (Å²) in [7, 11) is 0. The third-order valence-electron chi connectivity index (χ3n) is 4.02. The lowest BCUT2D eigenvalue weighted by atomic mass is 10.0. The Morgan fingerprint density at radius 1 is 1.21 bits per heavy atom. The molecule has 0 aliphatic carbocycles. The van der Waals surface area contributed by atoms with Gasteiger partial charge in [-0.3, -0.25) is 4.79 Å². The molecule has 1 heterocycles. The van der Waals surface area contributed by atoms with Gasteiger partial charge in [0, 0.05) is 6.54 Å². The van der Waals surface area contributed by atoms with Gasteiger partial charge in [-0.25, -0.2) is 8.78 Å². The van der Waals surface area contributed by atoms with Gasteiger partial charge in [-0.2, -0.15) is 0 Å². The number of β-amino-alcohol motifs (C(OH)–C–C–N with tert-alkyl or cyclic N) is 1. The Bertz CT molecular complexity index is 738. The fourth-order valence-corrected chi connectivity index (χ4v) is 2.90. The number of ether oxygens (including phenoxy) is 1. The fourth-order valence-electron chi connectivity index (χ4n) is 2.90. The van der Waals surface area contributed by atoms with Gasteiger partial charge in [0.05, 0.1) is 12.1 Å². The molecule has 1 N–H and O–H groups in total. The van der Waals surface area contributed by atoms with Crippen LogP contribution in [0.25, 0.3) is 0 Å². The van der Waals surface area contributed by atoms with E-state index < -0.39 is 23.8 Å². The molecule has 0 unspecified atom stereocenters. The van der Waals surface area contributed by atoms with Gasteiger partial charge in [0.2, 0.25) is 0 Å². The van der Waals surface area contributed by atoms with Crippen molar-refractivity contribution in [1.82, 2.24) is 4.90 Å². The van der Waals surface area contributed by atoms with Crippen LogP contribution in [0.5, 0.6) is 5.75 Å². The van der Waals surface area contributed by atoms with E-state index in [4.69, 9.17) is 4.74 Å². The molecule has 1 aliphatic rings. The third kappa shape index (κ3) is 3.54. The maximum Gasteiger partial charge on any atom is 0.261 e. The van der Waals surface area contributed by atoms with Crippen LogP contribution < -0.4 is 4.74 Å². The van der Waals surface area contributed by atoms with Gasteiger partial charge in [-0.1, -0.05) is 24.3 Å². The average molecular weight is 333 g/mol. The number of carbonyl (C=O) groups excluding carboxylic acids is 1. The van der Waals surface area contributed by atoms with Crippen LogP contribution in [0.3, 0.4) is 0 Å². The van der Waals surface area contributed by atoms with Gasteiger partial charge in [-0.15, -0.1) is 0 Å². The maximum atomic E-state index is 13.5. The lowest BCUT2D eigenvalue weighted by Crippen LogP contribution is -2.35. The number of benzene rings is 2. The summed E-state index contributed by atoms with van der Waals surface area (Å²) in [6, 6.07) is 11.3. The van der Waals surface area contributed by atoms with Gasteiger partial charge >= 0.3 is 0 Å². The summed E-state index contributed by atoms with van der Waals surface area (Å²) in [6.45, 7) is -0.208. The molecule has 6 heteroatoms. The summed E-state index contributed by atoms with van der Waals surface area (Å²) >= 11 is 0. The van der Waals surface area contributed by atoms with Crippen molar-refractivity contribution >= 4 is 5.91 Å². The minimum absolute atomic E-state index is 0.00657. The predicted octanol–water partition coefficient (Wildman–Crippen LogP) is 2.68. The molecule has 0 aromatic heterocycles. The van der Waals surface area contributed by atoms with Crippen LogP contribution in [-0.2, 0) is 4.79 Å². The Morgan fingerprint density at radius 2 is 2.00 bits per heavy atom. The van der Waals surface area contributed by atoms with Crippen molar-refractivity contribution < 1.29 is 23.4 Å². The predicted molar refractivity (Wildman–Crippen MR) is 83.4 cm³/mol. The first-order valence-corrected chi connectivity index (χ1v) is 7.65. The molecular weight excluding hydrogens is 316 g/mol. The SMILES string of the molecule is O=C(COc1ccccc1F)N1C[C@H](O)C[C@H]1c1cccc(F)c1. The number of hydrogen-bond acceptors (Lipinski definition) is 3. The number of aliphatic hydroxyl groups excluding tert-OH is 1. The van der Waals surface area contributed by atoms with Crippen molar-refractivity contribution in [1.29, 1.82) is 0 Å². The summed E-state index contributed by atoms with van der Waals surface area (Å²) < 4.78 is 32.2. The molecule has 1 amide bonds. The van der Waals surface area contributed by atoms with Crippen molar-refractivity contribution in [3.05, 3.63) is 65.7 Å². The van der Waals surface area contributed by atoms with Gasteiger partial charge in [0.1, 0.15) is 5.82 Å². The Kier molecular flexibility index (Phi) is 4.76. The molecule has 24 heavy (non-hydrogen) atoms. The summed E-state index contributed by atoms with van der Waals surface area (Å²) in [5, 5.41) is 9.89. The number of carbonyl (C=O) groups is 1. The molecule has 2 atom stereocenters. The van der Waals surface area contributed by atoms with E-state index in [-0.39, 0.29) is 24.8 Å². The Hall–Kier alpha value is -2.47. The van der Waals surface area contributed by atoms with Crippen LogP contribution in [-0.4, -0.2) is 35.2 Å². The largest absolute Gasteiger partial charge is 0.481 e. The van der Waals surface area contributed by atoms with Gasteiger partial charge < -0.3 is 14.7 Å². The van der Waals surface area contributed by atoms with E-state index in [1.807, 2.05) is 0 Å². The molecule has 0 spiro atoms. The number of amides is 1. The van der Waals surface area contributed by atoms with E-state index >= 15 is 0 Å². The molecule has 3 rings (SSSR count). The third-order valence-corrected chi connectivity index (χ3v) is 4.02. The smallest absolute Gasteiger partial charge is 0.261 e.